The summed E-state index contributed by atoms with van der Waals surface area (Å²) in [6.07, 6.45) is 1.58. The van der Waals surface area contributed by atoms with Crippen LogP contribution in [0.5, 0.6) is 5.75 Å². The van der Waals surface area contributed by atoms with Crippen LogP contribution in [0.2, 0.25) is 0 Å². The zero-order valence-electron chi connectivity index (χ0n) is 18.2. The first kappa shape index (κ1) is 25.8. The lowest BCUT2D eigenvalue weighted by molar-refractivity contribution is -0.128. The molecule has 1 aliphatic rings. The zero-order chi connectivity index (χ0) is 22.2. The lowest BCUT2D eigenvalue weighted by atomic mass is 10.1. The van der Waals surface area contributed by atoms with Crippen LogP contribution in [0, 0.1) is 6.92 Å². The molecule has 0 saturated carbocycles. The average molecular weight is 558 g/mol. The van der Waals surface area contributed by atoms with Gasteiger partial charge in [-0.2, -0.15) is 8.78 Å². The van der Waals surface area contributed by atoms with Crippen molar-refractivity contribution in [2.24, 2.45) is 4.99 Å². The molecular formula is C23H29F2IN4O2. The summed E-state index contributed by atoms with van der Waals surface area (Å²) in [4.78, 5) is 17.8. The van der Waals surface area contributed by atoms with Crippen molar-refractivity contribution in [3.8, 4) is 5.75 Å². The maximum atomic E-state index is 12.6. The second-order valence-electron chi connectivity index (χ2n) is 7.50. The van der Waals surface area contributed by atoms with Crippen LogP contribution in [0.3, 0.4) is 0 Å². The number of guanidine groups is 1. The molecule has 1 saturated heterocycles. The molecule has 6 nitrogen and oxygen atoms in total. The number of likely N-dealkylation sites (tertiary alicyclic amines) is 1. The van der Waals surface area contributed by atoms with Crippen LogP contribution >= 0.6 is 24.0 Å². The van der Waals surface area contributed by atoms with E-state index in [9.17, 15) is 13.6 Å². The average Bonchev–Trinajstić information content (AvgIpc) is 3.15. The Morgan fingerprint density at radius 1 is 1.12 bits per heavy atom. The summed E-state index contributed by atoms with van der Waals surface area (Å²) < 4.78 is 29.9. The Labute approximate surface area is 204 Å². The van der Waals surface area contributed by atoms with Crippen molar-refractivity contribution in [1.29, 1.82) is 0 Å². The van der Waals surface area contributed by atoms with E-state index < -0.39 is 6.61 Å². The van der Waals surface area contributed by atoms with Gasteiger partial charge in [-0.3, -0.25) is 9.79 Å². The summed E-state index contributed by atoms with van der Waals surface area (Å²) >= 11 is 0. The highest BCUT2D eigenvalue weighted by Crippen LogP contribution is 2.22. The minimum absolute atomic E-state index is 0. The molecule has 0 aliphatic carbocycles. The number of carbonyl (C=O) groups is 1. The van der Waals surface area contributed by atoms with E-state index in [0.29, 0.717) is 37.6 Å². The summed E-state index contributed by atoms with van der Waals surface area (Å²) in [5.41, 5.74) is 3.75. The molecule has 174 valence electrons. The Bertz CT molecular complexity index is 923. The number of benzene rings is 2. The molecule has 32 heavy (non-hydrogen) atoms. The fourth-order valence-corrected chi connectivity index (χ4v) is 3.50. The van der Waals surface area contributed by atoms with E-state index in [0.717, 1.165) is 29.7 Å². The molecule has 0 aromatic heterocycles. The predicted molar refractivity (Wildman–Crippen MR) is 131 cm³/mol. The molecular weight excluding hydrogens is 529 g/mol. The van der Waals surface area contributed by atoms with Gasteiger partial charge in [0.15, 0.2) is 5.96 Å². The van der Waals surface area contributed by atoms with E-state index >= 15 is 0 Å². The molecule has 0 unspecified atom stereocenters. The number of alkyl halides is 2. The summed E-state index contributed by atoms with van der Waals surface area (Å²) in [6, 6.07) is 13.2. The number of hydrogen-bond donors (Lipinski definition) is 2. The van der Waals surface area contributed by atoms with Gasteiger partial charge in [-0.25, -0.2) is 0 Å². The van der Waals surface area contributed by atoms with Crippen LogP contribution in [-0.2, 0) is 24.4 Å². The largest absolute Gasteiger partial charge is 0.434 e. The Hall–Kier alpha value is -2.43. The van der Waals surface area contributed by atoms with E-state index in [1.807, 2.05) is 42.2 Å². The van der Waals surface area contributed by atoms with Crippen LogP contribution in [0.1, 0.15) is 35.1 Å². The van der Waals surface area contributed by atoms with Crippen LogP contribution < -0.4 is 15.4 Å². The number of halogens is 3. The number of hydrogen-bond acceptors (Lipinski definition) is 3. The quantitative estimate of drug-likeness (QED) is 0.290. The molecule has 1 aliphatic heterocycles. The number of aryl methyl sites for hydroxylation is 1. The fraction of sp³-hybridized carbons (Fsp3) is 0.391. The molecule has 2 aromatic rings. The maximum absolute atomic E-state index is 12.6. The van der Waals surface area contributed by atoms with Crippen molar-refractivity contribution in [3.05, 3.63) is 64.7 Å². The Balaban J connectivity index is 0.00000363. The van der Waals surface area contributed by atoms with Gasteiger partial charge in [0.1, 0.15) is 5.75 Å². The van der Waals surface area contributed by atoms with Gasteiger partial charge in [0.25, 0.3) is 0 Å². The van der Waals surface area contributed by atoms with Crippen molar-refractivity contribution in [2.45, 2.75) is 46.0 Å². The van der Waals surface area contributed by atoms with Crippen molar-refractivity contribution in [3.63, 3.8) is 0 Å². The SMILES string of the molecule is CN=C(NCc1ccc(CN2CCCC2=O)cc1)NCc1cc(C)ccc1OC(F)F.I. The Morgan fingerprint density at radius 2 is 1.81 bits per heavy atom. The van der Waals surface area contributed by atoms with Gasteiger partial charge in [0, 0.05) is 45.2 Å². The predicted octanol–water partition coefficient (Wildman–Crippen LogP) is 4.20. The van der Waals surface area contributed by atoms with E-state index in [-0.39, 0.29) is 35.6 Å². The Kier molecular flexibility index (Phi) is 10.1. The van der Waals surface area contributed by atoms with Crippen molar-refractivity contribution in [2.75, 3.05) is 13.6 Å². The molecule has 0 spiro atoms. The van der Waals surface area contributed by atoms with E-state index in [1.165, 1.54) is 0 Å². The number of nitrogens with zero attached hydrogens (tertiary/aromatic N) is 2. The topological polar surface area (TPSA) is 66.0 Å². The van der Waals surface area contributed by atoms with Crippen molar-refractivity contribution in [1.82, 2.24) is 15.5 Å². The van der Waals surface area contributed by atoms with Crippen LogP contribution in [0.15, 0.2) is 47.5 Å². The number of ether oxygens (including phenoxy) is 1. The minimum atomic E-state index is -2.87. The van der Waals surface area contributed by atoms with Gasteiger partial charge >= 0.3 is 6.61 Å². The second-order valence-corrected chi connectivity index (χ2v) is 7.50. The molecule has 1 amide bonds. The molecule has 3 rings (SSSR count). The van der Waals surface area contributed by atoms with Crippen LogP contribution in [-0.4, -0.2) is 37.0 Å². The standard InChI is InChI=1S/C23H28F2N4O2.HI/c1-16-5-10-20(31-22(24)25)19(12-16)14-28-23(26-2)27-13-17-6-8-18(9-7-17)15-29-11-3-4-21(29)30;/h5-10,12,22H,3-4,11,13-15H2,1-2H3,(H2,26,27,28);1H. The lowest BCUT2D eigenvalue weighted by Gasteiger charge is -2.16. The highest BCUT2D eigenvalue weighted by molar-refractivity contribution is 14.0. The molecule has 1 heterocycles. The number of aliphatic imine (C=N–C) groups is 1. The van der Waals surface area contributed by atoms with Crippen LogP contribution in [0.4, 0.5) is 8.78 Å². The molecule has 2 aromatic carbocycles. The fourth-order valence-electron chi connectivity index (χ4n) is 3.50. The summed E-state index contributed by atoms with van der Waals surface area (Å²) in [7, 11) is 1.65. The molecule has 1 fully saturated rings. The van der Waals surface area contributed by atoms with Gasteiger partial charge in [-0.05, 0) is 30.5 Å². The molecule has 0 atom stereocenters. The summed E-state index contributed by atoms with van der Waals surface area (Å²) in [5, 5.41) is 6.35. The molecule has 0 bridgehead atoms. The van der Waals surface area contributed by atoms with Gasteiger partial charge in [0.05, 0.1) is 0 Å². The molecule has 0 radical (unpaired) electrons. The van der Waals surface area contributed by atoms with Crippen molar-refractivity contribution < 1.29 is 18.3 Å². The van der Waals surface area contributed by atoms with Crippen molar-refractivity contribution >= 4 is 35.8 Å². The smallest absolute Gasteiger partial charge is 0.387 e. The normalized spacial score (nSPS) is 13.8. The maximum Gasteiger partial charge on any atom is 0.387 e. The summed E-state index contributed by atoms with van der Waals surface area (Å²) in [5.74, 6) is 0.920. The van der Waals surface area contributed by atoms with E-state index in [4.69, 9.17) is 0 Å². The first-order valence-electron chi connectivity index (χ1n) is 10.3. The minimum Gasteiger partial charge on any atom is -0.434 e. The van der Waals surface area contributed by atoms with Gasteiger partial charge in [0.2, 0.25) is 5.91 Å². The second kappa shape index (κ2) is 12.6. The number of rotatable bonds is 8. The van der Waals surface area contributed by atoms with Crippen LogP contribution in [0.25, 0.3) is 0 Å². The third-order valence-electron chi connectivity index (χ3n) is 5.13. The van der Waals surface area contributed by atoms with E-state index in [1.54, 1.807) is 19.2 Å². The molecule has 2 N–H and O–H groups in total. The first-order valence-corrected chi connectivity index (χ1v) is 10.3. The highest BCUT2D eigenvalue weighted by atomic mass is 127. The third kappa shape index (κ3) is 7.61. The van der Waals surface area contributed by atoms with Gasteiger partial charge in [-0.15, -0.1) is 24.0 Å². The molecule has 9 heteroatoms. The third-order valence-corrected chi connectivity index (χ3v) is 5.13. The highest BCUT2D eigenvalue weighted by Gasteiger charge is 2.19. The lowest BCUT2D eigenvalue weighted by Crippen LogP contribution is -2.36. The van der Waals surface area contributed by atoms with Gasteiger partial charge < -0.3 is 20.3 Å². The number of amides is 1. The van der Waals surface area contributed by atoms with Gasteiger partial charge in [-0.1, -0.05) is 42.0 Å². The zero-order valence-corrected chi connectivity index (χ0v) is 20.6. The first-order chi connectivity index (χ1) is 14.9. The summed E-state index contributed by atoms with van der Waals surface area (Å²) in [6.45, 7) is 1.35. The van der Waals surface area contributed by atoms with E-state index in [2.05, 4.69) is 20.4 Å². The monoisotopic (exact) mass is 558 g/mol. The number of carbonyl (C=O) groups excluding carboxylic acids is 1. The Morgan fingerprint density at radius 3 is 2.44 bits per heavy atom. The number of nitrogens with one attached hydrogen (secondary N) is 2.